The fourth-order valence-corrected chi connectivity index (χ4v) is 5.93. The van der Waals surface area contributed by atoms with Crippen molar-refractivity contribution in [3.8, 4) is 0 Å². The van der Waals surface area contributed by atoms with Gasteiger partial charge >= 0.3 is 0 Å². The lowest BCUT2D eigenvalue weighted by Gasteiger charge is -2.35. The van der Waals surface area contributed by atoms with Crippen molar-refractivity contribution in [1.29, 1.82) is 0 Å². The normalized spacial score (nSPS) is 20.0. The van der Waals surface area contributed by atoms with Crippen molar-refractivity contribution in [3.05, 3.63) is 52.2 Å². The molecule has 0 saturated carbocycles. The third-order valence-corrected chi connectivity index (χ3v) is 7.31. The molecule has 1 unspecified atom stereocenters. The van der Waals surface area contributed by atoms with Crippen LogP contribution in [0.4, 0.5) is 5.82 Å². The fraction of sp³-hybridized carbons (Fsp3) is 0.478. The second-order valence-corrected chi connectivity index (χ2v) is 9.14. The van der Waals surface area contributed by atoms with Crippen molar-refractivity contribution in [2.24, 2.45) is 0 Å². The second kappa shape index (κ2) is 7.23. The van der Waals surface area contributed by atoms with Gasteiger partial charge < -0.3 is 4.90 Å². The molecule has 0 radical (unpaired) electrons. The van der Waals surface area contributed by atoms with Crippen molar-refractivity contribution in [1.82, 2.24) is 9.97 Å². The highest BCUT2D eigenvalue weighted by atomic mass is 32.1. The third kappa shape index (κ3) is 3.25. The standard InChI is InChI=1S/C23H27N3S/c1-16-9-7-8-14-26(16)22-21-18-12-5-6-13-19(18)27-23(21)25-20(24-22)15-17-10-3-2-4-11-17/h2-4,10-11,16H,5-9,12-15H2,1H3. The third-order valence-electron chi connectivity index (χ3n) is 6.12. The van der Waals surface area contributed by atoms with Crippen LogP contribution in [0, 0.1) is 0 Å². The maximum atomic E-state index is 5.17. The van der Waals surface area contributed by atoms with Crippen molar-refractivity contribution < 1.29 is 0 Å². The molecule has 1 aromatic carbocycles. The topological polar surface area (TPSA) is 29.0 Å². The lowest BCUT2D eigenvalue weighted by molar-refractivity contribution is 0.481. The largest absolute Gasteiger partial charge is 0.353 e. The summed E-state index contributed by atoms with van der Waals surface area (Å²) in [5.74, 6) is 2.19. The van der Waals surface area contributed by atoms with Crippen LogP contribution in [-0.2, 0) is 19.3 Å². The van der Waals surface area contributed by atoms with Crippen LogP contribution in [0.25, 0.3) is 10.2 Å². The predicted octanol–water partition coefficient (Wildman–Crippen LogP) is 5.54. The molecule has 2 aromatic heterocycles. The van der Waals surface area contributed by atoms with Gasteiger partial charge in [0.25, 0.3) is 0 Å². The van der Waals surface area contributed by atoms with Gasteiger partial charge in [0.1, 0.15) is 16.5 Å². The van der Waals surface area contributed by atoms with Crippen LogP contribution >= 0.6 is 11.3 Å². The van der Waals surface area contributed by atoms with Gasteiger partial charge in [-0.15, -0.1) is 11.3 Å². The minimum absolute atomic E-state index is 0.570. The number of nitrogens with zero attached hydrogens (tertiary/aromatic N) is 3. The number of aromatic nitrogens is 2. The summed E-state index contributed by atoms with van der Waals surface area (Å²) in [4.78, 5) is 15.6. The van der Waals surface area contributed by atoms with Gasteiger partial charge in [0.05, 0.1) is 5.39 Å². The van der Waals surface area contributed by atoms with Gasteiger partial charge in [-0.05, 0) is 63.0 Å². The SMILES string of the molecule is CC1CCCCN1c1nc(Cc2ccccc2)nc2sc3c(c12)CCCC3. The molecule has 1 atom stereocenters. The van der Waals surface area contributed by atoms with Crippen molar-refractivity contribution in [2.75, 3.05) is 11.4 Å². The summed E-state index contributed by atoms with van der Waals surface area (Å²) in [5, 5.41) is 1.38. The summed E-state index contributed by atoms with van der Waals surface area (Å²) in [6, 6.07) is 11.2. The van der Waals surface area contributed by atoms with Gasteiger partial charge in [-0.2, -0.15) is 0 Å². The number of anilines is 1. The Morgan fingerprint density at radius 1 is 1.04 bits per heavy atom. The van der Waals surface area contributed by atoms with E-state index in [2.05, 4.69) is 42.2 Å². The van der Waals surface area contributed by atoms with Crippen molar-refractivity contribution in [2.45, 2.75) is 64.3 Å². The first-order valence-electron chi connectivity index (χ1n) is 10.4. The zero-order chi connectivity index (χ0) is 18.2. The van der Waals surface area contributed by atoms with Crippen LogP contribution in [-0.4, -0.2) is 22.6 Å². The summed E-state index contributed by atoms with van der Waals surface area (Å²) >= 11 is 1.93. The van der Waals surface area contributed by atoms with Crippen LogP contribution in [0.5, 0.6) is 0 Å². The molecule has 4 heteroatoms. The average molecular weight is 378 g/mol. The van der Waals surface area contributed by atoms with Gasteiger partial charge in [0.15, 0.2) is 0 Å². The minimum Gasteiger partial charge on any atom is -0.353 e. The Morgan fingerprint density at radius 2 is 1.89 bits per heavy atom. The molecule has 0 amide bonds. The molecular formula is C23H27N3S. The first-order valence-corrected chi connectivity index (χ1v) is 11.2. The lowest BCUT2D eigenvalue weighted by atomic mass is 9.96. The van der Waals surface area contributed by atoms with Gasteiger partial charge in [-0.3, -0.25) is 0 Å². The first kappa shape index (κ1) is 17.2. The molecule has 3 nitrogen and oxygen atoms in total. The van der Waals surface area contributed by atoms with E-state index in [1.165, 1.54) is 66.5 Å². The molecule has 0 spiro atoms. The van der Waals surface area contributed by atoms with E-state index in [-0.39, 0.29) is 0 Å². The molecule has 3 aromatic rings. The summed E-state index contributed by atoms with van der Waals surface area (Å²) in [7, 11) is 0. The number of thiophene rings is 1. The lowest BCUT2D eigenvalue weighted by Crippen LogP contribution is -2.38. The molecular weight excluding hydrogens is 350 g/mol. The first-order chi connectivity index (χ1) is 13.3. The number of rotatable bonds is 3. The Hall–Kier alpha value is -1.94. The van der Waals surface area contributed by atoms with E-state index < -0.39 is 0 Å². The maximum Gasteiger partial charge on any atom is 0.141 e. The van der Waals surface area contributed by atoms with E-state index in [0.29, 0.717) is 6.04 Å². The van der Waals surface area contributed by atoms with Crippen LogP contribution < -0.4 is 4.90 Å². The molecule has 1 aliphatic carbocycles. The zero-order valence-corrected chi connectivity index (χ0v) is 16.9. The van der Waals surface area contributed by atoms with Crippen molar-refractivity contribution in [3.63, 3.8) is 0 Å². The number of benzene rings is 1. The quantitative estimate of drug-likeness (QED) is 0.600. The van der Waals surface area contributed by atoms with E-state index in [0.717, 1.165) is 18.8 Å². The number of piperidine rings is 1. The molecule has 5 rings (SSSR count). The van der Waals surface area contributed by atoms with E-state index in [4.69, 9.17) is 9.97 Å². The molecule has 27 heavy (non-hydrogen) atoms. The number of hydrogen-bond donors (Lipinski definition) is 0. The molecule has 140 valence electrons. The Bertz CT molecular complexity index is 947. The van der Waals surface area contributed by atoms with E-state index >= 15 is 0 Å². The Kier molecular flexibility index (Phi) is 4.60. The number of hydrogen-bond acceptors (Lipinski definition) is 4. The Labute approximate surface area is 165 Å². The number of fused-ring (bicyclic) bond motifs is 3. The highest BCUT2D eigenvalue weighted by molar-refractivity contribution is 7.19. The van der Waals surface area contributed by atoms with Crippen LogP contribution in [0.2, 0.25) is 0 Å². The molecule has 0 N–H and O–H groups in total. The van der Waals surface area contributed by atoms with Crippen LogP contribution in [0.15, 0.2) is 30.3 Å². The van der Waals surface area contributed by atoms with E-state index in [1.807, 2.05) is 11.3 Å². The minimum atomic E-state index is 0.570. The second-order valence-electron chi connectivity index (χ2n) is 8.06. The van der Waals surface area contributed by atoms with Gasteiger partial charge in [0.2, 0.25) is 0 Å². The predicted molar refractivity (Wildman–Crippen MR) is 114 cm³/mol. The Morgan fingerprint density at radius 3 is 2.74 bits per heavy atom. The van der Waals surface area contributed by atoms with Crippen molar-refractivity contribution >= 4 is 27.4 Å². The smallest absolute Gasteiger partial charge is 0.141 e. The average Bonchev–Trinajstić information content (AvgIpc) is 3.07. The maximum absolute atomic E-state index is 5.17. The number of aryl methyl sites for hydroxylation is 2. The van der Waals surface area contributed by atoms with Crippen LogP contribution in [0.3, 0.4) is 0 Å². The monoisotopic (exact) mass is 377 g/mol. The highest BCUT2D eigenvalue weighted by Crippen LogP contribution is 2.41. The van der Waals surface area contributed by atoms with Crippen LogP contribution in [0.1, 0.15) is 60.9 Å². The summed E-state index contributed by atoms with van der Waals surface area (Å²) < 4.78 is 0. The van der Waals surface area contributed by atoms with Gasteiger partial charge in [-0.25, -0.2) is 9.97 Å². The molecule has 1 fully saturated rings. The summed E-state index contributed by atoms with van der Waals surface area (Å²) in [5.41, 5.74) is 2.84. The van der Waals surface area contributed by atoms with E-state index in [9.17, 15) is 0 Å². The fourth-order valence-electron chi connectivity index (χ4n) is 4.66. The zero-order valence-electron chi connectivity index (χ0n) is 16.1. The summed E-state index contributed by atoms with van der Waals surface area (Å²) in [6.07, 6.45) is 9.74. The molecule has 1 aliphatic heterocycles. The highest BCUT2D eigenvalue weighted by Gasteiger charge is 2.27. The molecule has 1 saturated heterocycles. The Balaban J connectivity index is 1.65. The van der Waals surface area contributed by atoms with Gasteiger partial charge in [-0.1, -0.05) is 30.3 Å². The molecule has 3 heterocycles. The van der Waals surface area contributed by atoms with Gasteiger partial charge in [0, 0.05) is 23.9 Å². The van der Waals surface area contributed by atoms with E-state index in [1.54, 1.807) is 10.4 Å². The molecule has 2 aliphatic rings. The molecule has 0 bridgehead atoms. The summed E-state index contributed by atoms with van der Waals surface area (Å²) in [6.45, 7) is 3.49.